The van der Waals surface area contributed by atoms with Gasteiger partial charge in [-0.05, 0) is 37.3 Å². The number of benzene rings is 1. The summed E-state index contributed by atoms with van der Waals surface area (Å²) < 4.78 is 5.05. The summed E-state index contributed by atoms with van der Waals surface area (Å²) in [6.07, 6.45) is 2.73. The number of aliphatic hydroxyl groups excluding tert-OH is 1. The minimum absolute atomic E-state index is 0.000748. The van der Waals surface area contributed by atoms with Crippen LogP contribution < -0.4 is 15.4 Å². The second-order valence-electron chi connectivity index (χ2n) is 5.03. The van der Waals surface area contributed by atoms with Crippen LogP contribution in [0.1, 0.15) is 19.3 Å². The first kappa shape index (κ1) is 16.2. The van der Waals surface area contributed by atoms with Crippen LogP contribution in [0.25, 0.3) is 0 Å². The van der Waals surface area contributed by atoms with E-state index in [2.05, 4.69) is 10.6 Å². The van der Waals surface area contributed by atoms with Crippen molar-refractivity contribution >= 4 is 34.9 Å². The molecule has 7 heteroatoms. The van der Waals surface area contributed by atoms with Gasteiger partial charge in [-0.1, -0.05) is 23.2 Å². The molecule has 0 spiro atoms. The van der Waals surface area contributed by atoms with E-state index in [0.29, 0.717) is 33.8 Å². The maximum absolute atomic E-state index is 12.0. The SMILES string of the molecule is COc1c(Cl)cc(NC(=O)NC(CCO)C2CC2)cc1Cl. The molecule has 1 aliphatic carbocycles. The van der Waals surface area contributed by atoms with E-state index < -0.39 is 0 Å². The van der Waals surface area contributed by atoms with Crippen LogP contribution in [0.15, 0.2) is 12.1 Å². The smallest absolute Gasteiger partial charge is 0.319 e. The number of amides is 2. The van der Waals surface area contributed by atoms with Gasteiger partial charge in [-0.15, -0.1) is 0 Å². The van der Waals surface area contributed by atoms with E-state index in [1.165, 1.54) is 7.11 Å². The third-order valence-corrected chi connectivity index (χ3v) is 3.97. The van der Waals surface area contributed by atoms with Crippen molar-refractivity contribution in [1.82, 2.24) is 5.32 Å². The van der Waals surface area contributed by atoms with Gasteiger partial charge in [-0.25, -0.2) is 4.79 Å². The first-order valence-electron chi connectivity index (χ1n) is 6.76. The van der Waals surface area contributed by atoms with E-state index in [1.54, 1.807) is 12.1 Å². The molecule has 1 aliphatic rings. The van der Waals surface area contributed by atoms with E-state index in [1.807, 2.05) is 0 Å². The molecule has 1 unspecified atom stereocenters. The first-order chi connectivity index (χ1) is 10.0. The highest BCUT2D eigenvalue weighted by molar-refractivity contribution is 6.37. The van der Waals surface area contributed by atoms with Crippen molar-refractivity contribution in [3.8, 4) is 5.75 Å². The van der Waals surface area contributed by atoms with Crippen molar-refractivity contribution in [2.45, 2.75) is 25.3 Å². The molecule has 0 heterocycles. The molecule has 1 atom stereocenters. The van der Waals surface area contributed by atoms with Gasteiger partial charge in [0.15, 0.2) is 5.75 Å². The molecule has 0 saturated heterocycles. The van der Waals surface area contributed by atoms with Gasteiger partial charge < -0.3 is 20.5 Å². The summed E-state index contributed by atoms with van der Waals surface area (Å²) in [6.45, 7) is 0.0572. The van der Waals surface area contributed by atoms with Gasteiger partial charge in [-0.2, -0.15) is 0 Å². The number of carbonyl (C=O) groups is 1. The summed E-state index contributed by atoms with van der Waals surface area (Å²) in [6, 6.07) is 2.81. The fraction of sp³-hybridized carbons (Fsp3) is 0.500. The zero-order valence-electron chi connectivity index (χ0n) is 11.7. The van der Waals surface area contributed by atoms with Gasteiger partial charge in [0.1, 0.15) is 0 Å². The maximum atomic E-state index is 12.0. The van der Waals surface area contributed by atoms with E-state index in [9.17, 15) is 4.79 Å². The zero-order chi connectivity index (χ0) is 15.4. The third kappa shape index (κ3) is 4.40. The zero-order valence-corrected chi connectivity index (χ0v) is 13.2. The van der Waals surface area contributed by atoms with E-state index in [-0.39, 0.29) is 18.7 Å². The number of aliphatic hydroxyl groups is 1. The summed E-state index contributed by atoms with van der Waals surface area (Å²) in [5, 5.41) is 15.2. The van der Waals surface area contributed by atoms with E-state index in [4.69, 9.17) is 33.0 Å². The van der Waals surface area contributed by atoms with E-state index in [0.717, 1.165) is 12.8 Å². The molecule has 0 radical (unpaired) electrons. The maximum Gasteiger partial charge on any atom is 0.319 e. The van der Waals surface area contributed by atoms with Crippen LogP contribution in [0.2, 0.25) is 10.0 Å². The summed E-state index contributed by atoms with van der Waals surface area (Å²) in [5.41, 5.74) is 0.488. The molecular formula is C14H18Cl2N2O3. The topological polar surface area (TPSA) is 70.6 Å². The highest BCUT2D eigenvalue weighted by atomic mass is 35.5. The molecule has 0 aromatic heterocycles. The second-order valence-corrected chi connectivity index (χ2v) is 5.84. The van der Waals surface area contributed by atoms with Crippen molar-refractivity contribution in [2.75, 3.05) is 19.0 Å². The Balaban J connectivity index is 1.98. The molecule has 1 aromatic rings. The van der Waals surface area contributed by atoms with Gasteiger partial charge in [-0.3, -0.25) is 0 Å². The fourth-order valence-corrected chi connectivity index (χ4v) is 2.87. The van der Waals surface area contributed by atoms with Crippen LogP contribution in [0.3, 0.4) is 0 Å². The quantitative estimate of drug-likeness (QED) is 0.748. The second kappa shape index (κ2) is 7.20. The van der Waals surface area contributed by atoms with Crippen molar-refractivity contribution in [3.05, 3.63) is 22.2 Å². The van der Waals surface area contributed by atoms with Gasteiger partial charge in [0.25, 0.3) is 0 Å². The normalized spacial score (nSPS) is 15.4. The average molecular weight is 333 g/mol. The Labute approximate surface area is 133 Å². The molecular weight excluding hydrogens is 315 g/mol. The number of carbonyl (C=O) groups excluding carboxylic acids is 1. The number of anilines is 1. The van der Waals surface area contributed by atoms with Gasteiger partial charge in [0.2, 0.25) is 0 Å². The Kier molecular flexibility index (Phi) is 5.56. The predicted molar refractivity (Wildman–Crippen MR) is 83.4 cm³/mol. The Morgan fingerprint density at radius 3 is 2.52 bits per heavy atom. The van der Waals surface area contributed by atoms with Gasteiger partial charge >= 0.3 is 6.03 Å². The lowest BCUT2D eigenvalue weighted by molar-refractivity contribution is 0.234. The molecule has 2 rings (SSSR count). The fourth-order valence-electron chi connectivity index (χ4n) is 2.23. The largest absolute Gasteiger partial charge is 0.494 e. The van der Waals surface area contributed by atoms with Crippen LogP contribution in [-0.2, 0) is 0 Å². The van der Waals surface area contributed by atoms with Crippen LogP contribution in [0.5, 0.6) is 5.75 Å². The Morgan fingerprint density at radius 2 is 2.05 bits per heavy atom. The van der Waals surface area contributed by atoms with Crippen molar-refractivity contribution in [1.29, 1.82) is 0 Å². The first-order valence-corrected chi connectivity index (χ1v) is 7.52. The number of hydrogen-bond acceptors (Lipinski definition) is 3. The molecule has 3 N–H and O–H groups in total. The standard InChI is InChI=1S/C14H18Cl2N2O3/c1-21-13-10(15)6-9(7-11(13)16)17-14(20)18-12(4-5-19)8-2-3-8/h6-8,12,19H,2-5H2,1H3,(H2,17,18,20). The number of ether oxygens (including phenoxy) is 1. The molecule has 5 nitrogen and oxygen atoms in total. The summed E-state index contributed by atoms with van der Waals surface area (Å²) in [4.78, 5) is 12.0. The summed E-state index contributed by atoms with van der Waals surface area (Å²) in [5.74, 6) is 0.839. The molecule has 1 fully saturated rings. The number of urea groups is 1. The third-order valence-electron chi connectivity index (χ3n) is 3.41. The van der Waals surface area contributed by atoms with Crippen LogP contribution in [-0.4, -0.2) is 30.9 Å². The van der Waals surface area contributed by atoms with Gasteiger partial charge in [0, 0.05) is 18.3 Å². The van der Waals surface area contributed by atoms with Crippen LogP contribution in [0.4, 0.5) is 10.5 Å². The summed E-state index contributed by atoms with van der Waals surface area (Å²) >= 11 is 12.0. The molecule has 1 aromatic carbocycles. The Bertz CT molecular complexity index is 498. The van der Waals surface area contributed by atoms with E-state index >= 15 is 0 Å². The monoisotopic (exact) mass is 332 g/mol. The molecule has 2 amide bonds. The molecule has 21 heavy (non-hydrogen) atoms. The lowest BCUT2D eigenvalue weighted by Gasteiger charge is -2.18. The predicted octanol–water partition coefficient (Wildman–Crippen LogP) is 3.28. The van der Waals surface area contributed by atoms with Crippen LogP contribution in [0, 0.1) is 5.92 Å². The number of hydrogen-bond donors (Lipinski definition) is 3. The number of halogens is 2. The minimum atomic E-state index is -0.336. The van der Waals surface area contributed by atoms with Crippen LogP contribution >= 0.6 is 23.2 Å². The Morgan fingerprint density at radius 1 is 1.43 bits per heavy atom. The molecule has 1 saturated carbocycles. The minimum Gasteiger partial charge on any atom is -0.494 e. The van der Waals surface area contributed by atoms with Crippen molar-refractivity contribution < 1.29 is 14.6 Å². The molecule has 0 bridgehead atoms. The highest BCUT2D eigenvalue weighted by Crippen LogP contribution is 2.36. The molecule has 0 aliphatic heterocycles. The highest BCUT2D eigenvalue weighted by Gasteiger charge is 2.31. The van der Waals surface area contributed by atoms with Crippen molar-refractivity contribution in [2.24, 2.45) is 5.92 Å². The number of nitrogens with one attached hydrogen (secondary N) is 2. The lowest BCUT2D eigenvalue weighted by atomic mass is 10.1. The van der Waals surface area contributed by atoms with Gasteiger partial charge in [0.05, 0.1) is 17.2 Å². The summed E-state index contributed by atoms with van der Waals surface area (Å²) in [7, 11) is 1.47. The van der Waals surface area contributed by atoms with Crippen molar-refractivity contribution in [3.63, 3.8) is 0 Å². The lowest BCUT2D eigenvalue weighted by Crippen LogP contribution is -2.39. The molecule has 116 valence electrons. The number of rotatable bonds is 6. The Hall–Kier alpha value is -1.17. The number of methoxy groups -OCH3 is 1. The average Bonchev–Trinajstić information content (AvgIpc) is 3.22.